The topological polar surface area (TPSA) is 0 Å². The highest BCUT2D eigenvalue weighted by atomic mass is 79.9. The molecule has 0 aliphatic heterocycles. The third kappa shape index (κ3) is 2.36. The number of hydrogen-bond acceptors (Lipinski definition) is 0. The van der Waals surface area contributed by atoms with Crippen molar-refractivity contribution < 1.29 is 13.2 Å². The minimum atomic E-state index is -4.22. The summed E-state index contributed by atoms with van der Waals surface area (Å²) in [6.45, 7) is 0. The molecule has 0 nitrogen and oxygen atoms in total. The average Bonchev–Trinajstić information content (AvgIpc) is 1.86. The van der Waals surface area contributed by atoms with Gasteiger partial charge < -0.3 is 0 Å². The molecule has 0 atom stereocenters. The van der Waals surface area contributed by atoms with E-state index in [2.05, 4.69) is 15.9 Å². The largest absolute Gasteiger partial charge is 0.416 e. The highest BCUT2D eigenvalue weighted by Crippen LogP contribution is 2.32. The summed E-state index contributed by atoms with van der Waals surface area (Å²) < 4.78 is 36.4. The monoisotopic (exact) mass is 225 g/mol. The first-order valence-electron chi connectivity index (χ1n) is 2.98. The van der Waals surface area contributed by atoms with E-state index in [1.165, 1.54) is 0 Å². The SMILES string of the molecule is FC(F)(F)C1=CC[CH]C(Br)=C1. The summed E-state index contributed by atoms with van der Waals surface area (Å²) in [6.07, 6.45) is 0.0305. The minimum absolute atomic E-state index is 0.339. The number of halogens is 4. The fraction of sp³-hybridized carbons (Fsp3) is 0.286. The van der Waals surface area contributed by atoms with E-state index in [-0.39, 0.29) is 0 Å². The van der Waals surface area contributed by atoms with Crippen LogP contribution in [0, 0.1) is 6.42 Å². The Kier molecular flexibility index (Phi) is 2.42. The van der Waals surface area contributed by atoms with Gasteiger partial charge >= 0.3 is 6.18 Å². The van der Waals surface area contributed by atoms with Gasteiger partial charge in [0, 0.05) is 6.42 Å². The quantitative estimate of drug-likeness (QED) is 0.594. The van der Waals surface area contributed by atoms with E-state index < -0.39 is 11.7 Å². The zero-order valence-corrected chi connectivity index (χ0v) is 7.04. The lowest BCUT2D eigenvalue weighted by Gasteiger charge is -2.11. The molecule has 0 spiro atoms. The van der Waals surface area contributed by atoms with E-state index in [0.29, 0.717) is 10.9 Å². The fourth-order valence-electron chi connectivity index (χ4n) is 0.762. The zero-order chi connectivity index (χ0) is 8.48. The van der Waals surface area contributed by atoms with Crippen LogP contribution >= 0.6 is 15.9 Å². The van der Waals surface area contributed by atoms with Crippen LogP contribution in [-0.4, -0.2) is 6.18 Å². The molecule has 0 aromatic rings. The van der Waals surface area contributed by atoms with E-state index in [4.69, 9.17) is 0 Å². The fourth-order valence-corrected chi connectivity index (χ4v) is 1.20. The highest BCUT2D eigenvalue weighted by molar-refractivity contribution is 9.11. The Morgan fingerprint density at radius 3 is 2.36 bits per heavy atom. The minimum Gasteiger partial charge on any atom is -0.166 e. The van der Waals surface area contributed by atoms with E-state index in [9.17, 15) is 13.2 Å². The summed E-state index contributed by atoms with van der Waals surface area (Å²) in [6, 6.07) is 0. The Morgan fingerprint density at radius 1 is 1.36 bits per heavy atom. The normalized spacial score (nSPS) is 19.3. The first-order chi connectivity index (χ1) is 5.00. The molecule has 0 N–H and O–H groups in total. The van der Waals surface area contributed by atoms with Crippen LogP contribution in [0.2, 0.25) is 0 Å². The van der Waals surface area contributed by atoms with Crippen molar-refractivity contribution in [2.45, 2.75) is 12.6 Å². The van der Waals surface area contributed by atoms with Gasteiger partial charge in [-0.05, 0) is 17.0 Å². The molecular weight excluding hydrogens is 221 g/mol. The standard InChI is InChI=1S/C7H5BrF3/c8-6-3-1-2-5(4-6)7(9,10)11/h2-4H,1H2. The van der Waals surface area contributed by atoms with Gasteiger partial charge in [0.25, 0.3) is 0 Å². The molecule has 1 aliphatic rings. The summed E-state index contributed by atoms with van der Waals surface area (Å²) in [5.74, 6) is 0. The number of rotatable bonds is 0. The Labute approximate surface area is 70.9 Å². The van der Waals surface area contributed by atoms with Crippen LogP contribution in [0.5, 0.6) is 0 Å². The van der Waals surface area contributed by atoms with Gasteiger partial charge in [-0.2, -0.15) is 13.2 Å². The summed E-state index contributed by atoms with van der Waals surface area (Å²) in [7, 11) is 0. The van der Waals surface area contributed by atoms with Crippen LogP contribution in [0.3, 0.4) is 0 Å². The molecule has 0 aromatic carbocycles. The molecule has 61 valence electrons. The summed E-state index contributed by atoms with van der Waals surface area (Å²) in [4.78, 5) is 0. The van der Waals surface area contributed by atoms with E-state index in [1.54, 1.807) is 6.42 Å². The third-order valence-electron chi connectivity index (χ3n) is 1.27. The predicted octanol–water partition coefficient (Wildman–Crippen LogP) is 3.36. The van der Waals surface area contributed by atoms with Crippen LogP contribution in [0.15, 0.2) is 22.2 Å². The van der Waals surface area contributed by atoms with Crippen LogP contribution in [0.25, 0.3) is 0 Å². The molecule has 0 amide bonds. The first-order valence-corrected chi connectivity index (χ1v) is 3.77. The molecule has 0 saturated heterocycles. The molecule has 1 radical (unpaired) electrons. The highest BCUT2D eigenvalue weighted by Gasteiger charge is 2.32. The van der Waals surface area contributed by atoms with Gasteiger partial charge in [0.1, 0.15) is 0 Å². The number of hydrogen-bond donors (Lipinski definition) is 0. The molecule has 0 saturated carbocycles. The Hall–Kier alpha value is -0.250. The zero-order valence-electron chi connectivity index (χ0n) is 5.45. The molecule has 11 heavy (non-hydrogen) atoms. The molecular formula is C7H5BrF3. The second-order valence-electron chi connectivity index (χ2n) is 2.13. The summed E-state index contributed by atoms with van der Waals surface area (Å²) in [5.41, 5.74) is -0.577. The third-order valence-corrected chi connectivity index (χ3v) is 1.82. The maximum absolute atomic E-state index is 12.0. The van der Waals surface area contributed by atoms with Crippen molar-refractivity contribution in [1.82, 2.24) is 0 Å². The second-order valence-corrected chi connectivity index (χ2v) is 3.04. The van der Waals surface area contributed by atoms with Crippen molar-refractivity contribution in [3.63, 3.8) is 0 Å². The molecule has 0 unspecified atom stereocenters. The van der Waals surface area contributed by atoms with Crippen molar-refractivity contribution in [1.29, 1.82) is 0 Å². The molecule has 0 aromatic heterocycles. The van der Waals surface area contributed by atoms with Gasteiger partial charge in [-0.3, -0.25) is 0 Å². The Bertz CT molecular complexity index is 212. The lowest BCUT2D eigenvalue weighted by atomic mass is 10.1. The second kappa shape index (κ2) is 3.01. The predicted molar refractivity (Wildman–Crippen MR) is 40.1 cm³/mol. The maximum atomic E-state index is 12.0. The summed E-state index contributed by atoms with van der Waals surface area (Å²) >= 11 is 2.99. The van der Waals surface area contributed by atoms with E-state index >= 15 is 0 Å². The number of alkyl halides is 3. The van der Waals surface area contributed by atoms with Crippen LogP contribution in [-0.2, 0) is 0 Å². The van der Waals surface area contributed by atoms with E-state index in [1.807, 2.05) is 0 Å². The van der Waals surface area contributed by atoms with E-state index in [0.717, 1.165) is 12.2 Å². The van der Waals surface area contributed by atoms with Crippen molar-refractivity contribution in [2.75, 3.05) is 0 Å². The van der Waals surface area contributed by atoms with Crippen LogP contribution < -0.4 is 0 Å². The lowest BCUT2D eigenvalue weighted by Crippen LogP contribution is -2.11. The van der Waals surface area contributed by atoms with Crippen molar-refractivity contribution >= 4 is 15.9 Å². The molecule has 0 heterocycles. The van der Waals surface area contributed by atoms with Gasteiger partial charge in [0.2, 0.25) is 0 Å². The molecule has 4 heteroatoms. The Morgan fingerprint density at radius 2 is 2.00 bits per heavy atom. The lowest BCUT2D eigenvalue weighted by molar-refractivity contribution is -0.0885. The van der Waals surface area contributed by atoms with Gasteiger partial charge in [-0.25, -0.2) is 0 Å². The Balaban J connectivity index is 2.82. The number of allylic oxidation sites excluding steroid dienone is 4. The maximum Gasteiger partial charge on any atom is 0.416 e. The van der Waals surface area contributed by atoms with Crippen molar-refractivity contribution in [3.8, 4) is 0 Å². The van der Waals surface area contributed by atoms with Crippen LogP contribution in [0.4, 0.5) is 13.2 Å². The molecule has 1 rings (SSSR count). The van der Waals surface area contributed by atoms with Gasteiger partial charge in [-0.1, -0.05) is 22.0 Å². The van der Waals surface area contributed by atoms with Gasteiger partial charge in [0.05, 0.1) is 5.57 Å². The summed E-state index contributed by atoms with van der Waals surface area (Å²) in [5, 5.41) is 0. The molecule has 1 aliphatic carbocycles. The van der Waals surface area contributed by atoms with Gasteiger partial charge in [-0.15, -0.1) is 0 Å². The first kappa shape index (κ1) is 8.84. The van der Waals surface area contributed by atoms with Crippen molar-refractivity contribution in [3.05, 3.63) is 28.6 Å². The smallest absolute Gasteiger partial charge is 0.166 e. The van der Waals surface area contributed by atoms with Gasteiger partial charge in [0.15, 0.2) is 0 Å². The van der Waals surface area contributed by atoms with Crippen LogP contribution in [0.1, 0.15) is 6.42 Å². The van der Waals surface area contributed by atoms with Crippen molar-refractivity contribution in [2.24, 2.45) is 0 Å². The average molecular weight is 226 g/mol. The molecule has 0 bridgehead atoms. The molecule has 0 fully saturated rings.